The topological polar surface area (TPSA) is 82.0 Å². The number of hydrogen-bond acceptors (Lipinski definition) is 7. The summed E-state index contributed by atoms with van der Waals surface area (Å²) in [7, 11) is 0. The molecule has 1 N–H and O–H groups in total. The minimum atomic E-state index is -0.873. The van der Waals surface area contributed by atoms with Crippen molar-refractivity contribution in [2.75, 3.05) is 57.3 Å². The number of rotatable bonds is 7. The Morgan fingerprint density at radius 1 is 1.05 bits per heavy atom. The number of anilines is 1. The number of benzene rings is 2. The number of phenols is 1. The van der Waals surface area contributed by atoms with Crippen LogP contribution in [0.4, 0.5) is 14.6 Å². The van der Waals surface area contributed by atoms with Gasteiger partial charge in [0.2, 0.25) is 5.91 Å². The van der Waals surface area contributed by atoms with Gasteiger partial charge in [-0.15, -0.1) is 0 Å². The first-order valence-electron chi connectivity index (χ1n) is 13.4. The predicted molar refractivity (Wildman–Crippen MR) is 146 cm³/mol. The first-order chi connectivity index (χ1) is 18.9. The molecule has 2 aliphatic rings. The number of likely N-dealkylation sites (tertiary alicyclic amines) is 1. The normalized spacial score (nSPS) is 16.6. The number of aromatic hydroxyl groups is 1. The Labute approximate surface area is 231 Å². The number of phenolic OH excluding ortho intramolecular Hbond substituents is 1. The van der Waals surface area contributed by atoms with Crippen molar-refractivity contribution in [3.8, 4) is 22.9 Å². The van der Waals surface area contributed by atoms with Gasteiger partial charge >= 0.3 is 6.01 Å². The minimum Gasteiger partial charge on any atom is -0.507 e. The summed E-state index contributed by atoms with van der Waals surface area (Å²) < 4.78 is 36.8. The molecular weight excluding hydrogens is 528 g/mol. The largest absolute Gasteiger partial charge is 0.507 e. The van der Waals surface area contributed by atoms with Gasteiger partial charge in [0.1, 0.15) is 29.5 Å². The van der Waals surface area contributed by atoms with Crippen LogP contribution in [0.15, 0.2) is 24.3 Å². The van der Waals surface area contributed by atoms with E-state index in [0.29, 0.717) is 57.0 Å². The predicted octanol–water partition coefficient (Wildman–Crippen LogP) is 4.86. The number of nitrogens with zero attached hydrogens (tertiary/aromatic N) is 5. The number of halogens is 3. The maximum Gasteiger partial charge on any atom is 0.319 e. The van der Waals surface area contributed by atoms with Gasteiger partial charge in [-0.25, -0.2) is 8.78 Å². The van der Waals surface area contributed by atoms with E-state index < -0.39 is 17.4 Å². The van der Waals surface area contributed by atoms with Gasteiger partial charge in [0.05, 0.1) is 10.6 Å². The van der Waals surface area contributed by atoms with E-state index in [2.05, 4.69) is 14.9 Å². The molecule has 0 spiro atoms. The van der Waals surface area contributed by atoms with Crippen molar-refractivity contribution in [2.24, 2.45) is 0 Å². The van der Waals surface area contributed by atoms with Crippen molar-refractivity contribution in [3.63, 3.8) is 0 Å². The molecule has 0 radical (unpaired) electrons. The molecule has 1 amide bonds. The molecule has 2 aliphatic heterocycles. The first-order valence-corrected chi connectivity index (χ1v) is 13.8. The fraction of sp³-hybridized carbons (Fsp3) is 0.464. The summed E-state index contributed by atoms with van der Waals surface area (Å²) in [5.41, 5.74) is -0.689. The minimum absolute atomic E-state index is 0.00602. The van der Waals surface area contributed by atoms with Crippen LogP contribution < -0.4 is 9.64 Å². The molecule has 8 nitrogen and oxygen atoms in total. The zero-order chi connectivity index (χ0) is 27.5. The molecule has 11 heteroatoms. The van der Waals surface area contributed by atoms with Gasteiger partial charge < -0.3 is 19.6 Å². The number of ether oxygens (including phenoxy) is 1. The highest BCUT2D eigenvalue weighted by atomic mass is 35.5. The highest BCUT2D eigenvalue weighted by Gasteiger charge is 2.27. The number of carbonyl (C=O) groups is 1. The lowest BCUT2D eigenvalue weighted by atomic mass is 10.0. The lowest BCUT2D eigenvalue weighted by Crippen LogP contribution is -2.49. The van der Waals surface area contributed by atoms with Gasteiger partial charge in [0, 0.05) is 50.1 Å². The van der Waals surface area contributed by atoms with Crippen LogP contribution >= 0.6 is 11.6 Å². The Balaban J connectivity index is 1.54. The standard InChI is InChI=1S/C28H32ClF2N5O3/c1-2-22(38)35-11-13-36(14-12-35)27-18-17-19(29)23(24-20(30)7-6-8-21(24)37)25(31)26(18)32-28(33-27)39-16-15-34-9-4-3-5-10-34/h6-8,17,37H,2-5,9-16H2,1H3. The molecule has 0 bridgehead atoms. The first kappa shape index (κ1) is 27.3. The van der Waals surface area contributed by atoms with Crippen molar-refractivity contribution in [1.82, 2.24) is 19.8 Å². The highest BCUT2D eigenvalue weighted by molar-refractivity contribution is 6.34. The molecule has 3 heterocycles. The van der Waals surface area contributed by atoms with Crippen LogP contribution in [0.5, 0.6) is 11.8 Å². The molecule has 0 saturated carbocycles. The maximum atomic E-state index is 16.1. The molecule has 208 valence electrons. The second-order valence-corrected chi connectivity index (χ2v) is 10.3. The van der Waals surface area contributed by atoms with E-state index in [1.54, 1.807) is 4.90 Å². The Kier molecular flexibility index (Phi) is 8.32. The fourth-order valence-corrected chi connectivity index (χ4v) is 5.58. The molecule has 0 unspecified atom stereocenters. The van der Waals surface area contributed by atoms with Crippen molar-refractivity contribution in [3.05, 3.63) is 40.9 Å². The number of piperidine rings is 1. The monoisotopic (exact) mass is 559 g/mol. The molecule has 2 saturated heterocycles. The van der Waals surface area contributed by atoms with E-state index in [-0.39, 0.29) is 33.6 Å². The van der Waals surface area contributed by atoms with E-state index in [1.807, 2.05) is 11.8 Å². The van der Waals surface area contributed by atoms with Crippen LogP contribution in [0.2, 0.25) is 5.02 Å². The molecule has 1 aromatic heterocycles. The van der Waals surface area contributed by atoms with Gasteiger partial charge in [-0.05, 0) is 44.1 Å². The van der Waals surface area contributed by atoms with Gasteiger partial charge in [-0.3, -0.25) is 9.69 Å². The third kappa shape index (κ3) is 5.72. The average Bonchev–Trinajstić information content (AvgIpc) is 2.95. The van der Waals surface area contributed by atoms with Crippen molar-refractivity contribution in [1.29, 1.82) is 0 Å². The van der Waals surface area contributed by atoms with Gasteiger partial charge in [-0.2, -0.15) is 9.97 Å². The quantitative estimate of drug-likeness (QED) is 0.443. The SMILES string of the molecule is CCC(=O)N1CCN(c2nc(OCCN3CCCCC3)nc3c(F)c(-c4c(O)cccc4F)c(Cl)cc23)CC1. The Bertz CT molecular complexity index is 1340. The summed E-state index contributed by atoms with van der Waals surface area (Å²) in [5.74, 6) is -1.60. The Morgan fingerprint density at radius 3 is 2.49 bits per heavy atom. The lowest BCUT2D eigenvalue weighted by molar-refractivity contribution is -0.131. The second kappa shape index (κ2) is 11.9. The van der Waals surface area contributed by atoms with Gasteiger partial charge in [0.25, 0.3) is 0 Å². The molecule has 2 aromatic carbocycles. The van der Waals surface area contributed by atoms with E-state index in [1.165, 1.54) is 24.6 Å². The fourth-order valence-electron chi connectivity index (χ4n) is 5.30. The maximum absolute atomic E-state index is 16.1. The molecule has 0 atom stereocenters. The Morgan fingerprint density at radius 2 is 1.79 bits per heavy atom. The smallest absolute Gasteiger partial charge is 0.319 e. The molecule has 0 aliphatic carbocycles. The molecular formula is C28H32ClF2N5O3. The summed E-state index contributed by atoms with van der Waals surface area (Å²) in [5, 5.41) is 10.6. The van der Waals surface area contributed by atoms with Crippen LogP contribution in [0.1, 0.15) is 32.6 Å². The summed E-state index contributed by atoms with van der Waals surface area (Å²) >= 11 is 6.51. The zero-order valence-corrected chi connectivity index (χ0v) is 22.7. The number of carbonyl (C=O) groups excluding carboxylic acids is 1. The number of fused-ring (bicyclic) bond motifs is 1. The number of piperazine rings is 1. The zero-order valence-electron chi connectivity index (χ0n) is 21.9. The summed E-state index contributed by atoms with van der Waals surface area (Å²) in [6, 6.07) is 5.24. The van der Waals surface area contributed by atoms with Crippen LogP contribution in [-0.2, 0) is 4.79 Å². The molecule has 39 heavy (non-hydrogen) atoms. The molecule has 2 fully saturated rings. The lowest BCUT2D eigenvalue weighted by Gasteiger charge is -2.36. The summed E-state index contributed by atoms with van der Waals surface area (Å²) in [4.78, 5) is 27.3. The van der Waals surface area contributed by atoms with Crippen molar-refractivity contribution in [2.45, 2.75) is 32.6 Å². The number of amides is 1. The Hall–Kier alpha value is -3.24. The second-order valence-electron chi connectivity index (χ2n) is 9.88. The number of aromatic nitrogens is 2. The van der Waals surface area contributed by atoms with Crippen molar-refractivity contribution >= 4 is 34.2 Å². The van der Waals surface area contributed by atoms with Crippen LogP contribution in [0.25, 0.3) is 22.0 Å². The van der Waals surface area contributed by atoms with E-state index >= 15 is 4.39 Å². The molecule has 3 aromatic rings. The summed E-state index contributed by atoms with van der Waals surface area (Å²) in [6.07, 6.45) is 3.97. The van der Waals surface area contributed by atoms with E-state index in [4.69, 9.17) is 16.3 Å². The van der Waals surface area contributed by atoms with Crippen LogP contribution in [-0.4, -0.2) is 83.2 Å². The van der Waals surface area contributed by atoms with Crippen molar-refractivity contribution < 1.29 is 23.4 Å². The molecule has 5 rings (SSSR count). The summed E-state index contributed by atoms with van der Waals surface area (Å²) in [6.45, 7) is 6.86. The van der Waals surface area contributed by atoms with E-state index in [0.717, 1.165) is 32.0 Å². The number of hydrogen-bond donors (Lipinski definition) is 1. The third-order valence-electron chi connectivity index (χ3n) is 7.41. The van der Waals surface area contributed by atoms with Gasteiger partial charge in [0.15, 0.2) is 5.82 Å². The van der Waals surface area contributed by atoms with Crippen LogP contribution in [0.3, 0.4) is 0 Å². The van der Waals surface area contributed by atoms with Gasteiger partial charge in [-0.1, -0.05) is 31.0 Å². The van der Waals surface area contributed by atoms with E-state index in [9.17, 15) is 14.3 Å². The van der Waals surface area contributed by atoms with Crippen LogP contribution in [0, 0.1) is 11.6 Å². The highest BCUT2D eigenvalue weighted by Crippen LogP contribution is 2.42. The third-order valence-corrected chi connectivity index (χ3v) is 7.70. The average molecular weight is 560 g/mol.